The van der Waals surface area contributed by atoms with Crippen LogP contribution in [-0.4, -0.2) is 16.6 Å². The van der Waals surface area contributed by atoms with Crippen molar-refractivity contribution < 1.29 is 13.5 Å². The summed E-state index contributed by atoms with van der Waals surface area (Å²) in [5.41, 5.74) is 0.253. The van der Waals surface area contributed by atoms with E-state index in [9.17, 15) is 8.78 Å². The summed E-state index contributed by atoms with van der Waals surface area (Å²) in [6.45, 7) is -0.0298. The van der Waals surface area contributed by atoms with Gasteiger partial charge in [-0.25, -0.2) is 18.7 Å². The van der Waals surface area contributed by atoms with Crippen LogP contribution in [0.15, 0.2) is 24.5 Å². The molecule has 0 spiro atoms. The average Bonchev–Trinajstić information content (AvgIpc) is 2.52. The van der Waals surface area contributed by atoms with Crippen LogP contribution >= 0.6 is 11.6 Å². The van der Waals surface area contributed by atoms with Crippen molar-refractivity contribution >= 4 is 11.6 Å². The van der Waals surface area contributed by atoms with Crippen molar-refractivity contribution in [2.75, 3.05) is 6.61 Å². The molecule has 0 saturated heterocycles. The zero-order valence-corrected chi connectivity index (χ0v) is 11.8. The van der Waals surface area contributed by atoms with Crippen molar-refractivity contribution in [3.63, 3.8) is 0 Å². The number of hydrogen-bond acceptors (Lipinski definition) is 4. The number of terminal acetylenes is 1. The van der Waals surface area contributed by atoms with Gasteiger partial charge in [-0.1, -0.05) is 23.6 Å². The Morgan fingerprint density at radius 3 is 2.77 bits per heavy atom. The Hall–Kier alpha value is -2.70. The molecule has 2 aromatic rings. The third kappa shape index (κ3) is 3.13. The van der Waals surface area contributed by atoms with Crippen LogP contribution in [0.4, 0.5) is 8.78 Å². The largest absolute Gasteiger partial charge is 0.480 e. The molecule has 0 saturated carbocycles. The molecule has 0 aliphatic carbocycles. The minimum absolute atomic E-state index is 0.0298. The van der Waals surface area contributed by atoms with E-state index in [1.807, 2.05) is 6.07 Å². The van der Waals surface area contributed by atoms with E-state index in [1.54, 1.807) is 0 Å². The molecular weight excluding hydrogens is 312 g/mol. The van der Waals surface area contributed by atoms with Gasteiger partial charge in [0.1, 0.15) is 30.4 Å². The van der Waals surface area contributed by atoms with Gasteiger partial charge in [-0.05, 0) is 12.1 Å². The molecule has 0 amide bonds. The molecule has 0 aliphatic rings. The van der Waals surface area contributed by atoms with Gasteiger partial charge in [-0.3, -0.25) is 0 Å². The standard InChI is InChI=1S/C15H8ClF2N3O/c1-2-5-22-11-6-9(3-4-10(11)7-19)13-12(16)14(15(17)18)21-8-20-13/h1,3-4,6,8,15H,5H2. The van der Waals surface area contributed by atoms with Crippen LogP contribution in [0.2, 0.25) is 5.02 Å². The Balaban J connectivity index is 2.52. The predicted molar refractivity (Wildman–Crippen MR) is 76.5 cm³/mol. The summed E-state index contributed by atoms with van der Waals surface area (Å²) in [4.78, 5) is 7.38. The highest BCUT2D eigenvalue weighted by Crippen LogP contribution is 2.34. The monoisotopic (exact) mass is 319 g/mol. The second kappa shape index (κ2) is 6.84. The summed E-state index contributed by atoms with van der Waals surface area (Å²) in [6.07, 6.45) is 3.30. The number of benzene rings is 1. The summed E-state index contributed by atoms with van der Waals surface area (Å²) in [5.74, 6) is 2.51. The number of alkyl halides is 2. The first-order valence-electron chi connectivity index (χ1n) is 5.97. The summed E-state index contributed by atoms with van der Waals surface area (Å²) < 4.78 is 30.9. The van der Waals surface area contributed by atoms with Crippen LogP contribution in [0.25, 0.3) is 11.3 Å². The van der Waals surface area contributed by atoms with Crippen LogP contribution in [0.1, 0.15) is 17.7 Å². The second-order valence-electron chi connectivity index (χ2n) is 4.04. The smallest absolute Gasteiger partial charge is 0.281 e. The number of hydrogen-bond donors (Lipinski definition) is 0. The fraction of sp³-hybridized carbons (Fsp3) is 0.133. The first-order chi connectivity index (χ1) is 10.6. The van der Waals surface area contributed by atoms with Crippen molar-refractivity contribution in [3.8, 4) is 35.4 Å². The minimum Gasteiger partial charge on any atom is -0.480 e. The van der Waals surface area contributed by atoms with Gasteiger partial charge in [0.25, 0.3) is 6.43 Å². The highest BCUT2D eigenvalue weighted by Gasteiger charge is 2.19. The Morgan fingerprint density at radius 1 is 1.36 bits per heavy atom. The van der Waals surface area contributed by atoms with Gasteiger partial charge in [0.05, 0.1) is 16.3 Å². The first kappa shape index (κ1) is 15.7. The maximum atomic E-state index is 12.8. The molecular formula is C15H8ClF2N3O. The topological polar surface area (TPSA) is 58.8 Å². The summed E-state index contributed by atoms with van der Waals surface area (Å²) in [5, 5.41) is 8.77. The van der Waals surface area contributed by atoms with Crippen LogP contribution in [0, 0.1) is 23.7 Å². The lowest BCUT2D eigenvalue weighted by atomic mass is 10.1. The average molecular weight is 320 g/mol. The lowest BCUT2D eigenvalue weighted by molar-refractivity contribution is 0.146. The van der Waals surface area contributed by atoms with Crippen molar-refractivity contribution in [2.45, 2.75) is 6.43 Å². The van der Waals surface area contributed by atoms with Crippen LogP contribution in [0.3, 0.4) is 0 Å². The van der Waals surface area contributed by atoms with Gasteiger partial charge in [-0.15, -0.1) is 6.42 Å². The van der Waals surface area contributed by atoms with Crippen molar-refractivity contribution in [2.24, 2.45) is 0 Å². The zero-order valence-electron chi connectivity index (χ0n) is 11.1. The molecule has 0 fully saturated rings. The molecule has 110 valence electrons. The van der Waals surface area contributed by atoms with Crippen molar-refractivity contribution in [1.29, 1.82) is 5.26 Å². The lowest BCUT2D eigenvalue weighted by Gasteiger charge is -2.10. The van der Waals surface area contributed by atoms with Gasteiger partial charge >= 0.3 is 0 Å². The number of halogens is 3. The number of nitrogens with zero attached hydrogens (tertiary/aromatic N) is 3. The molecule has 0 atom stereocenters. The number of ether oxygens (including phenoxy) is 1. The molecule has 7 heteroatoms. The van der Waals surface area contributed by atoms with E-state index in [1.165, 1.54) is 18.2 Å². The fourth-order valence-electron chi connectivity index (χ4n) is 1.74. The molecule has 0 N–H and O–H groups in total. The van der Waals surface area contributed by atoms with E-state index < -0.39 is 12.1 Å². The van der Waals surface area contributed by atoms with Gasteiger partial charge in [0.2, 0.25) is 0 Å². The highest BCUT2D eigenvalue weighted by molar-refractivity contribution is 6.33. The van der Waals surface area contributed by atoms with Gasteiger partial charge in [0, 0.05) is 5.56 Å². The Morgan fingerprint density at radius 2 is 2.14 bits per heavy atom. The zero-order chi connectivity index (χ0) is 16.1. The Labute approximate surface area is 130 Å². The number of nitriles is 1. The lowest BCUT2D eigenvalue weighted by Crippen LogP contribution is -1.99. The number of aromatic nitrogens is 2. The van der Waals surface area contributed by atoms with Crippen LogP contribution in [0.5, 0.6) is 5.75 Å². The molecule has 0 aliphatic heterocycles. The summed E-state index contributed by atoms with van der Waals surface area (Å²) in [6, 6.07) is 6.43. The maximum Gasteiger partial charge on any atom is 0.281 e. The third-order valence-corrected chi connectivity index (χ3v) is 3.08. The molecule has 2 rings (SSSR count). The Bertz CT molecular complexity index is 781. The highest BCUT2D eigenvalue weighted by atomic mass is 35.5. The van der Waals surface area contributed by atoms with E-state index in [-0.39, 0.29) is 28.6 Å². The van der Waals surface area contributed by atoms with E-state index in [0.29, 0.717) is 5.56 Å². The SMILES string of the molecule is C#CCOc1cc(-c2ncnc(C(F)F)c2Cl)ccc1C#N. The van der Waals surface area contributed by atoms with Crippen LogP contribution in [-0.2, 0) is 0 Å². The molecule has 0 bridgehead atoms. The van der Waals surface area contributed by atoms with E-state index >= 15 is 0 Å². The van der Waals surface area contributed by atoms with Gasteiger partial charge in [-0.2, -0.15) is 5.26 Å². The van der Waals surface area contributed by atoms with E-state index in [2.05, 4.69) is 15.9 Å². The minimum atomic E-state index is -2.82. The molecule has 22 heavy (non-hydrogen) atoms. The normalized spacial score (nSPS) is 10.1. The summed E-state index contributed by atoms with van der Waals surface area (Å²) in [7, 11) is 0. The van der Waals surface area contributed by atoms with Gasteiger partial charge < -0.3 is 4.74 Å². The molecule has 0 radical (unpaired) electrons. The molecule has 4 nitrogen and oxygen atoms in total. The quantitative estimate of drug-likeness (QED) is 0.808. The third-order valence-electron chi connectivity index (χ3n) is 2.71. The molecule has 0 unspecified atom stereocenters. The first-order valence-corrected chi connectivity index (χ1v) is 6.35. The molecule has 1 aromatic carbocycles. The second-order valence-corrected chi connectivity index (χ2v) is 4.42. The number of rotatable bonds is 4. The molecule has 1 aromatic heterocycles. The fourth-order valence-corrected chi connectivity index (χ4v) is 2.03. The van der Waals surface area contributed by atoms with Gasteiger partial charge in [0.15, 0.2) is 0 Å². The molecule has 1 heterocycles. The summed E-state index contributed by atoms with van der Waals surface area (Å²) >= 11 is 5.93. The van der Waals surface area contributed by atoms with E-state index in [4.69, 9.17) is 28.0 Å². The van der Waals surface area contributed by atoms with Crippen LogP contribution < -0.4 is 4.74 Å². The van der Waals surface area contributed by atoms with Crippen molar-refractivity contribution in [1.82, 2.24) is 9.97 Å². The van der Waals surface area contributed by atoms with E-state index in [0.717, 1.165) is 6.33 Å². The predicted octanol–water partition coefficient (Wildman–Crippen LogP) is 3.62. The Kier molecular flexibility index (Phi) is 4.88. The maximum absolute atomic E-state index is 12.8. The van der Waals surface area contributed by atoms with Crippen molar-refractivity contribution in [3.05, 3.63) is 40.8 Å².